The van der Waals surface area contributed by atoms with E-state index in [9.17, 15) is 20.2 Å². The molecule has 1 rings (SSSR count). The number of hydrogen-bond acceptors (Lipinski definition) is 11. The summed E-state index contributed by atoms with van der Waals surface area (Å²) in [5.41, 5.74) is 6.29. The van der Waals surface area contributed by atoms with Gasteiger partial charge in [-0.1, -0.05) is 6.08 Å². The predicted octanol–water partition coefficient (Wildman–Crippen LogP) is -2.08. The number of nitroso groups, excluding NO2 is 1. The van der Waals surface area contributed by atoms with Gasteiger partial charge in [-0.3, -0.25) is 9.47 Å². The Bertz CT molecular complexity index is 534. The highest BCUT2D eigenvalue weighted by Crippen LogP contribution is 2.30. The van der Waals surface area contributed by atoms with Gasteiger partial charge in [0, 0.05) is 45.0 Å². The van der Waals surface area contributed by atoms with Crippen LogP contribution in [-0.2, 0) is 28.4 Å². The lowest BCUT2D eigenvalue weighted by Gasteiger charge is -2.42. The maximum atomic E-state index is 11.5. The molecular formula is C17H33N2O10+. The van der Waals surface area contributed by atoms with Crippen LogP contribution >= 0.6 is 0 Å². The predicted molar refractivity (Wildman–Crippen MR) is 98.4 cm³/mol. The van der Waals surface area contributed by atoms with E-state index in [4.69, 9.17) is 34.2 Å². The average Bonchev–Trinajstić information content (AvgIpc) is 2.71. The Kier molecular flexibility index (Phi) is 11.1. The third-order valence-corrected chi connectivity index (χ3v) is 4.69. The van der Waals surface area contributed by atoms with Crippen LogP contribution in [0.4, 0.5) is 0 Å². The van der Waals surface area contributed by atoms with Gasteiger partial charge in [0.2, 0.25) is 0 Å². The number of aliphatic hydroxyl groups excluding tert-OH is 3. The zero-order valence-corrected chi connectivity index (χ0v) is 17.3. The number of ether oxygens (including phenoxy) is 6. The largest absolute Gasteiger partial charge is 0.421 e. The molecule has 0 spiro atoms. The molecule has 1 heterocycles. The third-order valence-electron chi connectivity index (χ3n) is 4.69. The molecule has 8 atom stereocenters. The van der Waals surface area contributed by atoms with E-state index in [-0.39, 0.29) is 12.3 Å². The van der Waals surface area contributed by atoms with Crippen molar-refractivity contribution in [2.75, 3.05) is 48.7 Å². The first-order chi connectivity index (χ1) is 13.8. The minimum atomic E-state index is -1.28. The molecule has 0 bridgehead atoms. The quantitative estimate of drug-likeness (QED) is 0.200. The number of hydrogen-bond donors (Lipinski definition) is 4. The van der Waals surface area contributed by atoms with E-state index in [0.717, 1.165) is 0 Å². The molecule has 12 nitrogen and oxygen atoms in total. The molecular weight excluding hydrogens is 392 g/mol. The first-order valence-electron chi connectivity index (χ1n) is 8.98. The zero-order chi connectivity index (χ0) is 22.1. The van der Waals surface area contributed by atoms with E-state index in [2.05, 4.69) is 0 Å². The molecule has 1 saturated heterocycles. The van der Waals surface area contributed by atoms with Gasteiger partial charge in [0.15, 0.2) is 13.3 Å². The topological polar surface area (TPSA) is 162 Å². The summed E-state index contributed by atoms with van der Waals surface area (Å²) in [6, 6.07) is 0. The van der Waals surface area contributed by atoms with Gasteiger partial charge >= 0.3 is 6.41 Å². The molecule has 0 aromatic heterocycles. The van der Waals surface area contributed by atoms with Gasteiger partial charge in [0.1, 0.15) is 24.4 Å². The maximum Gasteiger partial charge on any atom is 0.421 e. The highest BCUT2D eigenvalue weighted by atomic mass is 16.7. The van der Waals surface area contributed by atoms with Crippen molar-refractivity contribution >= 4 is 0 Å². The number of nitrogens with two attached hydrogens (primary N) is 1. The number of methoxy groups -OCH3 is 4. The van der Waals surface area contributed by atoms with E-state index >= 15 is 0 Å². The van der Waals surface area contributed by atoms with Gasteiger partial charge < -0.3 is 40.0 Å². The lowest BCUT2D eigenvalue weighted by atomic mass is 9.87. The second kappa shape index (κ2) is 12.5. The molecule has 1 fully saturated rings. The zero-order valence-electron chi connectivity index (χ0n) is 17.3. The van der Waals surface area contributed by atoms with Gasteiger partial charge in [0.05, 0.1) is 24.1 Å². The van der Waals surface area contributed by atoms with Gasteiger partial charge in [0.25, 0.3) is 0 Å². The first kappa shape index (κ1) is 25.8. The number of nitrogens with zero attached hydrogens (tertiary/aromatic N) is 1. The average molecular weight is 425 g/mol. The molecule has 0 aromatic rings. The van der Waals surface area contributed by atoms with Crippen molar-refractivity contribution < 1.29 is 48.5 Å². The van der Waals surface area contributed by atoms with E-state index in [1.165, 1.54) is 41.6 Å². The van der Waals surface area contributed by atoms with Crippen molar-refractivity contribution in [2.45, 2.75) is 43.2 Å². The Labute approximate surface area is 169 Å². The fraction of sp³-hybridized carbons (Fsp3) is 0.882. The minimum Gasteiger partial charge on any atom is -0.400 e. The molecule has 0 radical (unpaired) electrons. The van der Waals surface area contributed by atoms with Crippen molar-refractivity contribution in [2.24, 2.45) is 11.7 Å². The van der Waals surface area contributed by atoms with E-state index in [1.807, 2.05) is 0 Å². The molecule has 170 valence electrons. The van der Waals surface area contributed by atoms with Crippen LogP contribution in [0, 0.1) is 10.8 Å². The maximum absolute atomic E-state index is 11.5. The summed E-state index contributed by atoms with van der Waals surface area (Å²) in [5.74, 6) is -0.728. The van der Waals surface area contributed by atoms with Crippen LogP contribution in [0.3, 0.4) is 0 Å². The molecule has 12 heteroatoms. The van der Waals surface area contributed by atoms with Gasteiger partial charge in [-0.15, -0.1) is 0 Å². The summed E-state index contributed by atoms with van der Waals surface area (Å²) in [6.45, 7) is -0.887. The van der Waals surface area contributed by atoms with Gasteiger partial charge in [-0.25, -0.2) is 0 Å². The molecule has 0 amide bonds. The van der Waals surface area contributed by atoms with E-state index in [0.29, 0.717) is 4.76 Å². The van der Waals surface area contributed by atoms with Crippen LogP contribution in [0.25, 0.3) is 0 Å². The smallest absolute Gasteiger partial charge is 0.400 e. The fourth-order valence-corrected chi connectivity index (χ4v) is 3.27. The molecule has 0 aliphatic carbocycles. The first-order valence-corrected chi connectivity index (χ1v) is 8.98. The highest BCUT2D eigenvalue weighted by Gasteiger charge is 2.45. The van der Waals surface area contributed by atoms with Crippen LogP contribution in [0.15, 0.2) is 11.8 Å². The Hall–Kier alpha value is -1.22. The Morgan fingerprint density at radius 1 is 1.21 bits per heavy atom. The van der Waals surface area contributed by atoms with E-state index in [1.54, 1.807) is 0 Å². The monoisotopic (exact) mass is 425 g/mol. The Morgan fingerprint density at radius 2 is 1.86 bits per heavy atom. The van der Waals surface area contributed by atoms with Crippen molar-refractivity contribution in [3.63, 3.8) is 0 Å². The SMILES string of the molecule is COC1OC(CO)C(OC)C(/C=C(/N)C(OC)C(CO)OC(OC)[N+](C)=O)C1O. The molecule has 29 heavy (non-hydrogen) atoms. The van der Waals surface area contributed by atoms with Crippen molar-refractivity contribution in [3.05, 3.63) is 16.7 Å². The molecule has 5 N–H and O–H groups in total. The van der Waals surface area contributed by atoms with E-state index < -0.39 is 55.7 Å². The van der Waals surface area contributed by atoms with Crippen molar-refractivity contribution in [1.29, 1.82) is 0 Å². The molecule has 1 aliphatic heterocycles. The van der Waals surface area contributed by atoms with Gasteiger partial charge in [-0.05, 0) is 0 Å². The van der Waals surface area contributed by atoms with Crippen LogP contribution in [0.2, 0.25) is 0 Å². The summed E-state index contributed by atoms with van der Waals surface area (Å²) < 4.78 is 32.2. The highest BCUT2D eigenvalue weighted by molar-refractivity contribution is 5.13. The van der Waals surface area contributed by atoms with Crippen LogP contribution in [0.1, 0.15) is 0 Å². The summed E-state index contributed by atoms with van der Waals surface area (Å²) in [6.07, 6.45) is -5.47. The second-order valence-electron chi connectivity index (χ2n) is 6.50. The molecule has 0 aromatic carbocycles. The van der Waals surface area contributed by atoms with Crippen molar-refractivity contribution in [1.82, 2.24) is 0 Å². The molecule has 0 saturated carbocycles. The normalized spacial score (nSPS) is 31.3. The van der Waals surface area contributed by atoms with Crippen molar-refractivity contribution in [3.8, 4) is 0 Å². The lowest BCUT2D eigenvalue weighted by Crippen LogP contribution is -2.56. The number of aliphatic hydroxyl groups is 3. The summed E-state index contributed by atoms with van der Waals surface area (Å²) in [7, 11) is 6.59. The Balaban J connectivity index is 3.16. The standard InChI is InChI=1S/C17H33N2O10/c1-19(23)17(27-5)29-12(8-21)15(25-3)10(18)6-9-13(22)16(26-4)28-11(7-20)14(9)24-2/h6,9,11-17,20-22H,7-8,18H2,1-5H3/q+1/b10-6+. The molecule has 8 unspecified atom stereocenters. The van der Waals surface area contributed by atoms with Crippen LogP contribution < -0.4 is 5.73 Å². The minimum absolute atomic E-state index is 0.106. The summed E-state index contributed by atoms with van der Waals surface area (Å²) >= 11 is 0. The fourth-order valence-electron chi connectivity index (χ4n) is 3.27. The van der Waals surface area contributed by atoms with Gasteiger partial charge in [-0.2, -0.15) is 0 Å². The second-order valence-corrected chi connectivity index (χ2v) is 6.50. The van der Waals surface area contributed by atoms with Crippen LogP contribution in [-0.4, -0.2) is 112 Å². The Morgan fingerprint density at radius 3 is 2.28 bits per heavy atom. The van der Waals surface area contributed by atoms with Crippen LogP contribution in [0.5, 0.6) is 0 Å². The molecule has 1 aliphatic rings. The number of rotatable bonds is 12. The third kappa shape index (κ3) is 6.38. The lowest BCUT2D eigenvalue weighted by molar-refractivity contribution is -0.662. The summed E-state index contributed by atoms with van der Waals surface area (Å²) in [4.78, 5) is 11.5. The summed E-state index contributed by atoms with van der Waals surface area (Å²) in [5, 5.41) is 29.9.